The normalized spacial score (nSPS) is 12.0. The van der Waals surface area contributed by atoms with Gasteiger partial charge in [0.15, 0.2) is 0 Å². The molecule has 4 heteroatoms. The minimum atomic E-state index is 0.110. The number of carbonyl (C=O) groups excluding carboxylic acids is 1. The Morgan fingerprint density at radius 1 is 1.50 bits per heavy atom. The van der Waals surface area contributed by atoms with Crippen molar-refractivity contribution in [2.45, 2.75) is 26.3 Å². The van der Waals surface area contributed by atoms with Crippen molar-refractivity contribution in [1.82, 2.24) is 9.88 Å². The molecule has 0 aliphatic carbocycles. The minimum absolute atomic E-state index is 0.110. The summed E-state index contributed by atoms with van der Waals surface area (Å²) in [5, 5.41) is 3.26. The fourth-order valence-corrected chi connectivity index (χ4v) is 1.41. The maximum atomic E-state index is 11.5. The SMILES string of the molecule is Cc1cncc(NC(C)CC(=O)N(C)C)c1. The van der Waals surface area contributed by atoms with Gasteiger partial charge >= 0.3 is 0 Å². The summed E-state index contributed by atoms with van der Waals surface area (Å²) >= 11 is 0. The molecule has 0 aliphatic heterocycles. The predicted molar refractivity (Wildman–Crippen MR) is 65.4 cm³/mol. The number of aromatic nitrogens is 1. The Kier molecular flexibility index (Phi) is 4.28. The van der Waals surface area contributed by atoms with Crippen molar-refractivity contribution < 1.29 is 4.79 Å². The van der Waals surface area contributed by atoms with Crippen LogP contribution in [0.2, 0.25) is 0 Å². The molecule has 0 fully saturated rings. The zero-order valence-corrected chi connectivity index (χ0v) is 10.3. The number of anilines is 1. The number of pyridine rings is 1. The Morgan fingerprint density at radius 2 is 2.19 bits per heavy atom. The molecule has 0 saturated heterocycles. The molecule has 1 aromatic heterocycles. The lowest BCUT2D eigenvalue weighted by Gasteiger charge is -2.17. The molecule has 0 aromatic carbocycles. The van der Waals surface area contributed by atoms with Gasteiger partial charge in [-0.2, -0.15) is 0 Å². The second-order valence-electron chi connectivity index (χ2n) is 4.29. The van der Waals surface area contributed by atoms with Gasteiger partial charge in [0.2, 0.25) is 5.91 Å². The Balaban J connectivity index is 2.51. The first-order valence-electron chi connectivity index (χ1n) is 5.37. The molecule has 0 spiro atoms. The van der Waals surface area contributed by atoms with Gasteiger partial charge in [-0.25, -0.2) is 0 Å². The van der Waals surface area contributed by atoms with Crippen molar-refractivity contribution in [2.24, 2.45) is 0 Å². The van der Waals surface area contributed by atoms with E-state index < -0.39 is 0 Å². The van der Waals surface area contributed by atoms with E-state index in [-0.39, 0.29) is 11.9 Å². The first kappa shape index (κ1) is 12.5. The van der Waals surface area contributed by atoms with Gasteiger partial charge in [0.05, 0.1) is 5.69 Å². The average Bonchev–Trinajstić information content (AvgIpc) is 2.16. The molecule has 88 valence electrons. The summed E-state index contributed by atoms with van der Waals surface area (Å²) in [6, 6.07) is 2.13. The molecule has 16 heavy (non-hydrogen) atoms. The van der Waals surface area contributed by atoms with Crippen LogP contribution in [0, 0.1) is 6.92 Å². The standard InChI is InChI=1S/C12H19N3O/c1-9-5-11(8-13-7-9)14-10(2)6-12(16)15(3)4/h5,7-8,10,14H,6H2,1-4H3. The molecular weight excluding hydrogens is 202 g/mol. The second kappa shape index (κ2) is 5.49. The highest BCUT2D eigenvalue weighted by molar-refractivity contribution is 5.76. The van der Waals surface area contributed by atoms with Crippen LogP contribution in [0.1, 0.15) is 18.9 Å². The predicted octanol–water partition coefficient (Wildman–Crippen LogP) is 1.67. The topological polar surface area (TPSA) is 45.2 Å². The van der Waals surface area contributed by atoms with Gasteiger partial charge in [-0.05, 0) is 25.5 Å². The van der Waals surface area contributed by atoms with Crippen molar-refractivity contribution in [3.63, 3.8) is 0 Å². The second-order valence-corrected chi connectivity index (χ2v) is 4.29. The smallest absolute Gasteiger partial charge is 0.224 e. The van der Waals surface area contributed by atoms with Crippen LogP contribution in [-0.4, -0.2) is 35.9 Å². The van der Waals surface area contributed by atoms with Crippen molar-refractivity contribution in [3.05, 3.63) is 24.0 Å². The summed E-state index contributed by atoms with van der Waals surface area (Å²) in [4.78, 5) is 17.2. The van der Waals surface area contributed by atoms with E-state index in [2.05, 4.69) is 10.3 Å². The number of carbonyl (C=O) groups is 1. The fourth-order valence-electron chi connectivity index (χ4n) is 1.41. The molecule has 1 amide bonds. The zero-order valence-electron chi connectivity index (χ0n) is 10.3. The summed E-state index contributed by atoms with van der Waals surface area (Å²) in [5.41, 5.74) is 2.06. The van der Waals surface area contributed by atoms with Gasteiger partial charge < -0.3 is 10.2 Å². The first-order valence-corrected chi connectivity index (χ1v) is 5.37. The summed E-state index contributed by atoms with van der Waals surface area (Å²) in [6.07, 6.45) is 4.06. The van der Waals surface area contributed by atoms with E-state index in [9.17, 15) is 4.79 Å². The number of aryl methyl sites for hydroxylation is 1. The van der Waals surface area contributed by atoms with Gasteiger partial charge in [0, 0.05) is 39.0 Å². The third kappa shape index (κ3) is 3.88. The van der Waals surface area contributed by atoms with Gasteiger partial charge in [-0.15, -0.1) is 0 Å². The molecule has 1 rings (SSSR count). The number of rotatable bonds is 4. The zero-order chi connectivity index (χ0) is 12.1. The number of nitrogens with zero attached hydrogens (tertiary/aromatic N) is 2. The molecule has 1 atom stereocenters. The molecule has 1 unspecified atom stereocenters. The van der Waals surface area contributed by atoms with Gasteiger partial charge in [0.25, 0.3) is 0 Å². The van der Waals surface area contributed by atoms with Crippen molar-refractivity contribution in [2.75, 3.05) is 19.4 Å². The van der Waals surface area contributed by atoms with Crippen LogP contribution in [0.15, 0.2) is 18.5 Å². The van der Waals surface area contributed by atoms with Crippen LogP contribution in [-0.2, 0) is 4.79 Å². The molecule has 1 aromatic rings. The van der Waals surface area contributed by atoms with E-state index in [1.165, 1.54) is 0 Å². The average molecular weight is 221 g/mol. The highest BCUT2D eigenvalue weighted by Gasteiger charge is 2.10. The van der Waals surface area contributed by atoms with Crippen LogP contribution < -0.4 is 5.32 Å². The molecular formula is C12H19N3O. The lowest BCUT2D eigenvalue weighted by Crippen LogP contribution is -2.28. The molecule has 0 aliphatic rings. The molecule has 0 radical (unpaired) electrons. The highest BCUT2D eigenvalue weighted by atomic mass is 16.2. The van der Waals surface area contributed by atoms with Crippen LogP contribution in [0.3, 0.4) is 0 Å². The maximum Gasteiger partial charge on any atom is 0.224 e. The van der Waals surface area contributed by atoms with E-state index in [0.29, 0.717) is 6.42 Å². The number of hydrogen-bond acceptors (Lipinski definition) is 3. The number of nitrogens with one attached hydrogen (secondary N) is 1. The Labute approximate surface area is 96.7 Å². The Bertz CT molecular complexity index is 363. The monoisotopic (exact) mass is 221 g/mol. The molecule has 1 N–H and O–H groups in total. The van der Waals surface area contributed by atoms with E-state index in [0.717, 1.165) is 11.3 Å². The van der Waals surface area contributed by atoms with E-state index in [1.807, 2.05) is 19.9 Å². The minimum Gasteiger partial charge on any atom is -0.381 e. The summed E-state index contributed by atoms with van der Waals surface area (Å²) in [6.45, 7) is 3.98. The van der Waals surface area contributed by atoms with Crippen molar-refractivity contribution >= 4 is 11.6 Å². The molecule has 0 saturated carbocycles. The van der Waals surface area contributed by atoms with Crippen LogP contribution in [0.5, 0.6) is 0 Å². The van der Waals surface area contributed by atoms with E-state index >= 15 is 0 Å². The van der Waals surface area contributed by atoms with E-state index in [4.69, 9.17) is 0 Å². The third-order valence-electron chi connectivity index (χ3n) is 2.27. The first-order chi connectivity index (χ1) is 7.49. The summed E-state index contributed by atoms with van der Waals surface area (Å²) in [5.74, 6) is 0.126. The summed E-state index contributed by atoms with van der Waals surface area (Å²) < 4.78 is 0. The molecule has 0 bridgehead atoms. The third-order valence-corrected chi connectivity index (χ3v) is 2.27. The van der Waals surface area contributed by atoms with Crippen LogP contribution in [0.4, 0.5) is 5.69 Å². The van der Waals surface area contributed by atoms with Gasteiger partial charge in [0.1, 0.15) is 0 Å². The quantitative estimate of drug-likeness (QED) is 0.841. The summed E-state index contributed by atoms with van der Waals surface area (Å²) in [7, 11) is 3.53. The van der Waals surface area contributed by atoms with Crippen LogP contribution >= 0.6 is 0 Å². The highest BCUT2D eigenvalue weighted by Crippen LogP contribution is 2.10. The van der Waals surface area contributed by atoms with Gasteiger partial charge in [-0.3, -0.25) is 9.78 Å². The van der Waals surface area contributed by atoms with Crippen molar-refractivity contribution in [3.8, 4) is 0 Å². The lowest BCUT2D eigenvalue weighted by molar-refractivity contribution is -0.128. The maximum absolute atomic E-state index is 11.5. The fraction of sp³-hybridized carbons (Fsp3) is 0.500. The van der Waals surface area contributed by atoms with E-state index in [1.54, 1.807) is 31.4 Å². The molecule has 4 nitrogen and oxygen atoms in total. The van der Waals surface area contributed by atoms with Crippen LogP contribution in [0.25, 0.3) is 0 Å². The Morgan fingerprint density at radius 3 is 2.75 bits per heavy atom. The number of amides is 1. The largest absolute Gasteiger partial charge is 0.381 e. The van der Waals surface area contributed by atoms with Crippen molar-refractivity contribution in [1.29, 1.82) is 0 Å². The number of hydrogen-bond donors (Lipinski definition) is 1. The van der Waals surface area contributed by atoms with Gasteiger partial charge in [-0.1, -0.05) is 0 Å². The molecule has 1 heterocycles. The Hall–Kier alpha value is -1.58. The lowest BCUT2D eigenvalue weighted by atomic mass is 10.2.